The van der Waals surface area contributed by atoms with E-state index in [1.165, 1.54) is 24.6 Å². The van der Waals surface area contributed by atoms with Crippen molar-refractivity contribution < 1.29 is 14.3 Å². The fourth-order valence-electron chi connectivity index (χ4n) is 4.05. The third-order valence-corrected chi connectivity index (χ3v) is 5.66. The van der Waals surface area contributed by atoms with E-state index >= 15 is 0 Å². The maximum absolute atomic E-state index is 13.2. The van der Waals surface area contributed by atoms with Crippen LogP contribution in [0.1, 0.15) is 54.9 Å². The van der Waals surface area contributed by atoms with Crippen LogP contribution in [0, 0.1) is 0 Å². The average Bonchev–Trinajstić information content (AvgIpc) is 2.93. The number of nitrogens with zero attached hydrogens (tertiary/aromatic N) is 3. The van der Waals surface area contributed by atoms with Crippen molar-refractivity contribution in [2.45, 2.75) is 44.6 Å². The summed E-state index contributed by atoms with van der Waals surface area (Å²) in [5, 5.41) is 4.46. The quantitative estimate of drug-likeness (QED) is 0.496. The predicted octanol–water partition coefficient (Wildman–Crippen LogP) is 3.83. The molecule has 0 saturated heterocycles. The lowest BCUT2D eigenvalue weighted by atomic mass is 10.1. The fourth-order valence-corrected chi connectivity index (χ4v) is 4.05. The van der Waals surface area contributed by atoms with Crippen molar-refractivity contribution in [3.05, 3.63) is 52.6 Å². The first-order valence-corrected chi connectivity index (χ1v) is 9.99. The number of fused-ring (bicyclic) bond motifs is 1. The van der Waals surface area contributed by atoms with Gasteiger partial charge in [-0.05, 0) is 37.1 Å². The van der Waals surface area contributed by atoms with Gasteiger partial charge in [-0.25, -0.2) is 4.79 Å². The number of pyridine rings is 1. The number of carbonyl (C=O) groups is 1. The number of carbonyl (C=O) groups excluding carboxylic acids is 1. The fraction of sp³-hybridized carbons (Fsp3) is 0.409. The zero-order valence-electron chi connectivity index (χ0n) is 16.8. The molecule has 0 spiro atoms. The van der Waals surface area contributed by atoms with Gasteiger partial charge in [-0.3, -0.25) is 4.79 Å². The third-order valence-electron chi connectivity index (χ3n) is 5.66. The molecule has 2 heterocycles. The summed E-state index contributed by atoms with van der Waals surface area (Å²) in [6.45, 7) is 0. The van der Waals surface area contributed by atoms with Crippen LogP contribution in [0.4, 0.5) is 0 Å². The Balaban J connectivity index is 1.86. The molecule has 1 saturated carbocycles. The van der Waals surface area contributed by atoms with Crippen molar-refractivity contribution in [2.24, 2.45) is 0 Å². The Bertz CT molecular complexity index is 1030. The number of rotatable bonds is 4. The standard InChI is InChI=1S/C22H25N3O4/c1-28-17-11-9-16(10-12-17)25-21(26)18-13-24(15-7-5-3-4-6-8-15)14-19(20(18)23-25)22(27)29-2/h9-15H,3-8H2,1-2H3. The molecular weight excluding hydrogens is 370 g/mol. The van der Waals surface area contributed by atoms with E-state index in [0.717, 1.165) is 25.7 Å². The van der Waals surface area contributed by atoms with Gasteiger partial charge in [-0.2, -0.15) is 9.78 Å². The number of hydrogen-bond acceptors (Lipinski definition) is 5. The highest BCUT2D eigenvalue weighted by Crippen LogP contribution is 2.31. The summed E-state index contributed by atoms with van der Waals surface area (Å²) >= 11 is 0. The zero-order valence-corrected chi connectivity index (χ0v) is 16.8. The van der Waals surface area contributed by atoms with E-state index in [4.69, 9.17) is 9.47 Å². The van der Waals surface area contributed by atoms with Crippen LogP contribution in [-0.4, -0.2) is 34.5 Å². The van der Waals surface area contributed by atoms with Crippen LogP contribution >= 0.6 is 0 Å². The molecule has 152 valence electrons. The van der Waals surface area contributed by atoms with Crippen LogP contribution in [0.2, 0.25) is 0 Å². The maximum Gasteiger partial charge on any atom is 0.341 e. The summed E-state index contributed by atoms with van der Waals surface area (Å²) < 4.78 is 13.5. The summed E-state index contributed by atoms with van der Waals surface area (Å²) in [4.78, 5) is 25.6. The summed E-state index contributed by atoms with van der Waals surface area (Å²) in [6, 6.07) is 7.35. The van der Waals surface area contributed by atoms with Gasteiger partial charge in [0.1, 0.15) is 17.0 Å². The minimum Gasteiger partial charge on any atom is -0.497 e. The van der Waals surface area contributed by atoms with E-state index in [9.17, 15) is 9.59 Å². The predicted molar refractivity (Wildman–Crippen MR) is 109 cm³/mol. The Kier molecular flexibility index (Phi) is 5.38. The van der Waals surface area contributed by atoms with Gasteiger partial charge in [-0.15, -0.1) is 0 Å². The highest BCUT2D eigenvalue weighted by atomic mass is 16.5. The maximum atomic E-state index is 13.2. The normalized spacial score (nSPS) is 15.2. The Morgan fingerprint density at radius 3 is 2.34 bits per heavy atom. The topological polar surface area (TPSA) is 75.3 Å². The second-order valence-electron chi connectivity index (χ2n) is 7.43. The number of esters is 1. The SMILES string of the molecule is COC(=O)c1cn(C2CCCCCC2)cc2c(=O)n(-c3ccc(OC)cc3)nc1-2. The summed E-state index contributed by atoms with van der Waals surface area (Å²) in [6.07, 6.45) is 10.5. The summed E-state index contributed by atoms with van der Waals surface area (Å²) in [7, 11) is 2.93. The van der Waals surface area contributed by atoms with E-state index in [-0.39, 0.29) is 11.6 Å². The molecule has 4 rings (SSSR count). The van der Waals surface area contributed by atoms with Gasteiger partial charge in [0.2, 0.25) is 0 Å². The van der Waals surface area contributed by atoms with Crippen molar-refractivity contribution in [1.29, 1.82) is 0 Å². The van der Waals surface area contributed by atoms with Gasteiger partial charge >= 0.3 is 5.97 Å². The van der Waals surface area contributed by atoms with E-state index in [1.807, 2.05) is 10.8 Å². The smallest absolute Gasteiger partial charge is 0.341 e. The number of methoxy groups -OCH3 is 2. The van der Waals surface area contributed by atoms with Crippen LogP contribution in [-0.2, 0) is 4.74 Å². The van der Waals surface area contributed by atoms with Crippen LogP contribution in [0.15, 0.2) is 41.5 Å². The molecule has 7 heteroatoms. The second kappa shape index (κ2) is 8.11. The molecule has 0 aromatic heterocycles. The van der Waals surface area contributed by atoms with Gasteiger partial charge in [0.25, 0.3) is 5.56 Å². The molecule has 0 bridgehead atoms. The molecule has 0 unspecified atom stereocenters. The first-order chi connectivity index (χ1) is 14.1. The highest BCUT2D eigenvalue weighted by Gasteiger charge is 2.26. The molecule has 1 aromatic carbocycles. The van der Waals surface area contributed by atoms with Gasteiger partial charge in [0.05, 0.1) is 25.5 Å². The monoisotopic (exact) mass is 395 g/mol. The molecule has 2 aliphatic heterocycles. The van der Waals surface area contributed by atoms with Gasteiger partial charge in [-0.1, -0.05) is 25.7 Å². The molecule has 1 aliphatic carbocycles. The van der Waals surface area contributed by atoms with Crippen molar-refractivity contribution in [3.63, 3.8) is 0 Å². The minimum atomic E-state index is -0.489. The van der Waals surface area contributed by atoms with E-state index in [1.54, 1.807) is 37.6 Å². The molecule has 1 fully saturated rings. The minimum absolute atomic E-state index is 0.252. The third kappa shape index (κ3) is 3.64. The number of ether oxygens (including phenoxy) is 2. The first kappa shape index (κ1) is 19.2. The molecule has 0 N–H and O–H groups in total. The lowest BCUT2D eigenvalue weighted by molar-refractivity contribution is 0.0600. The van der Waals surface area contributed by atoms with Crippen molar-refractivity contribution in [2.75, 3.05) is 14.2 Å². The Labute approximate surface area is 169 Å². The Hall–Kier alpha value is -3.09. The lowest BCUT2D eigenvalue weighted by Crippen LogP contribution is -2.17. The Morgan fingerprint density at radius 1 is 1.03 bits per heavy atom. The van der Waals surface area contributed by atoms with Gasteiger partial charge in [0, 0.05) is 18.4 Å². The summed E-state index contributed by atoms with van der Waals surface area (Å²) in [5.41, 5.74) is 1.47. The number of hydrogen-bond donors (Lipinski definition) is 0. The molecular formula is C22H25N3O4. The highest BCUT2D eigenvalue weighted by molar-refractivity contribution is 5.96. The molecule has 0 amide bonds. The molecule has 7 nitrogen and oxygen atoms in total. The number of benzene rings is 1. The second-order valence-corrected chi connectivity index (χ2v) is 7.43. The first-order valence-electron chi connectivity index (χ1n) is 9.99. The van der Waals surface area contributed by atoms with Crippen molar-refractivity contribution >= 4 is 5.97 Å². The average molecular weight is 395 g/mol. The van der Waals surface area contributed by atoms with Gasteiger partial charge in [0.15, 0.2) is 0 Å². The van der Waals surface area contributed by atoms with Crippen LogP contribution in [0.3, 0.4) is 0 Å². The molecule has 1 aromatic rings. The number of aromatic nitrogens is 3. The molecule has 3 aliphatic rings. The van der Waals surface area contributed by atoms with E-state index in [0.29, 0.717) is 28.3 Å². The largest absolute Gasteiger partial charge is 0.497 e. The van der Waals surface area contributed by atoms with Gasteiger partial charge < -0.3 is 14.0 Å². The Morgan fingerprint density at radius 2 is 1.72 bits per heavy atom. The van der Waals surface area contributed by atoms with E-state index < -0.39 is 5.97 Å². The van der Waals surface area contributed by atoms with Crippen molar-refractivity contribution in [1.82, 2.24) is 14.3 Å². The van der Waals surface area contributed by atoms with Crippen molar-refractivity contribution in [3.8, 4) is 22.7 Å². The van der Waals surface area contributed by atoms with E-state index in [2.05, 4.69) is 5.10 Å². The molecule has 0 atom stereocenters. The van der Waals surface area contributed by atoms with Crippen LogP contribution in [0.25, 0.3) is 16.9 Å². The molecule has 0 radical (unpaired) electrons. The van der Waals surface area contributed by atoms with Crippen LogP contribution in [0.5, 0.6) is 5.75 Å². The zero-order chi connectivity index (χ0) is 20.4. The molecule has 29 heavy (non-hydrogen) atoms. The van der Waals surface area contributed by atoms with Crippen LogP contribution < -0.4 is 10.3 Å². The lowest BCUT2D eigenvalue weighted by Gasteiger charge is -2.20. The summed E-state index contributed by atoms with van der Waals surface area (Å²) in [5.74, 6) is 0.205.